The molecule has 1 aromatic heterocycles. The third kappa shape index (κ3) is 3.61. The molecule has 23 heavy (non-hydrogen) atoms. The number of nitrogens with zero attached hydrogens (tertiary/aromatic N) is 2. The second-order valence-corrected chi connectivity index (χ2v) is 8.22. The first-order valence-electron chi connectivity index (χ1n) is 8.68. The number of hydrogen-bond donors (Lipinski definition) is 0. The van der Waals surface area contributed by atoms with E-state index in [1.165, 1.54) is 5.01 Å². The molecule has 0 N–H and O–H groups in total. The van der Waals surface area contributed by atoms with Gasteiger partial charge in [-0.2, -0.15) is 0 Å². The van der Waals surface area contributed by atoms with Crippen LogP contribution in [0.2, 0.25) is 0 Å². The molecule has 3 fully saturated rings. The smallest absolute Gasteiger partial charge is 0.107 e. The second kappa shape index (κ2) is 7.15. The molecule has 0 unspecified atom stereocenters. The molecule has 0 aliphatic carbocycles. The van der Waals surface area contributed by atoms with Crippen molar-refractivity contribution in [3.63, 3.8) is 0 Å². The van der Waals surface area contributed by atoms with Crippen molar-refractivity contribution in [2.45, 2.75) is 19.4 Å². The Morgan fingerprint density at radius 2 is 2.26 bits per heavy atom. The molecule has 0 amide bonds. The van der Waals surface area contributed by atoms with Crippen molar-refractivity contribution >= 4 is 11.3 Å². The highest BCUT2D eigenvalue weighted by Crippen LogP contribution is 2.42. The number of fused-ring (bicyclic) bond motifs is 1. The average Bonchev–Trinajstić information content (AvgIpc) is 3.25. The molecular weight excluding hydrogens is 312 g/mol. The minimum absolute atomic E-state index is 0.197. The van der Waals surface area contributed by atoms with Gasteiger partial charge in [-0.1, -0.05) is 0 Å². The Bertz CT molecular complexity index is 492. The van der Waals surface area contributed by atoms with E-state index in [0.29, 0.717) is 11.8 Å². The first kappa shape index (κ1) is 16.0. The standard InChI is InChI=1S/C17H26N2O3S/c1-4-20-5-2-14(1)9-21-12-17-11-19(7-15(17)10-22-13-17)8-16-18-3-6-23-16/h3,6,14-15H,1-2,4-5,7-13H2/t15-,17-/m1/s1. The van der Waals surface area contributed by atoms with Gasteiger partial charge in [0, 0.05) is 55.8 Å². The first-order chi connectivity index (χ1) is 11.3. The Hall–Kier alpha value is -0.530. The fraction of sp³-hybridized carbons (Fsp3) is 0.824. The molecule has 1 aromatic rings. The van der Waals surface area contributed by atoms with Gasteiger partial charge in [0.05, 0.1) is 26.4 Å². The first-order valence-corrected chi connectivity index (χ1v) is 9.56. The van der Waals surface area contributed by atoms with Gasteiger partial charge in [-0.05, 0) is 18.8 Å². The fourth-order valence-corrected chi connectivity index (χ4v) is 4.79. The molecule has 128 valence electrons. The predicted octanol–water partition coefficient (Wildman–Crippen LogP) is 2.03. The zero-order chi connectivity index (χ0) is 15.5. The molecule has 6 heteroatoms. The van der Waals surface area contributed by atoms with E-state index in [0.717, 1.165) is 72.1 Å². The van der Waals surface area contributed by atoms with Gasteiger partial charge >= 0.3 is 0 Å². The van der Waals surface area contributed by atoms with Crippen molar-refractivity contribution in [2.24, 2.45) is 17.3 Å². The minimum Gasteiger partial charge on any atom is -0.381 e. The van der Waals surface area contributed by atoms with Gasteiger partial charge in [-0.3, -0.25) is 4.90 Å². The molecule has 3 aliphatic heterocycles. The number of hydrogen-bond acceptors (Lipinski definition) is 6. The zero-order valence-corrected chi connectivity index (χ0v) is 14.4. The minimum atomic E-state index is 0.197. The number of ether oxygens (including phenoxy) is 3. The molecule has 3 aliphatic rings. The van der Waals surface area contributed by atoms with E-state index in [2.05, 4.69) is 15.3 Å². The van der Waals surface area contributed by atoms with Crippen LogP contribution in [0.15, 0.2) is 11.6 Å². The van der Waals surface area contributed by atoms with Crippen LogP contribution in [0.25, 0.3) is 0 Å². The molecule has 0 bridgehead atoms. The summed E-state index contributed by atoms with van der Waals surface area (Å²) >= 11 is 1.75. The largest absolute Gasteiger partial charge is 0.381 e. The summed E-state index contributed by atoms with van der Waals surface area (Å²) in [5.41, 5.74) is 0.197. The van der Waals surface area contributed by atoms with Crippen molar-refractivity contribution < 1.29 is 14.2 Å². The average molecular weight is 338 g/mol. The highest BCUT2D eigenvalue weighted by atomic mass is 32.1. The number of thiazole rings is 1. The lowest BCUT2D eigenvalue weighted by Gasteiger charge is -2.29. The van der Waals surface area contributed by atoms with E-state index in [-0.39, 0.29) is 5.41 Å². The Morgan fingerprint density at radius 1 is 1.35 bits per heavy atom. The van der Waals surface area contributed by atoms with Crippen molar-refractivity contribution in [1.82, 2.24) is 9.88 Å². The van der Waals surface area contributed by atoms with Gasteiger partial charge in [-0.15, -0.1) is 11.3 Å². The summed E-state index contributed by atoms with van der Waals surface area (Å²) in [5, 5.41) is 3.27. The van der Waals surface area contributed by atoms with Crippen LogP contribution in [0.4, 0.5) is 0 Å². The molecule has 0 saturated carbocycles. The van der Waals surface area contributed by atoms with E-state index in [4.69, 9.17) is 14.2 Å². The molecule has 0 spiro atoms. The van der Waals surface area contributed by atoms with E-state index in [1.807, 2.05) is 6.20 Å². The molecule has 5 nitrogen and oxygen atoms in total. The predicted molar refractivity (Wildman–Crippen MR) is 88.5 cm³/mol. The molecule has 0 aromatic carbocycles. The van der Waals surface area contributed by atoms with Crippen LogP contribution in [0, 0.1) is 17.3 Å². The van der Waals surface area contributed by atoms with E-state index < -0.39 is 0 Å². The summed E-state index contributed by atoms with van der Waals surface area (Å²) in [6.45, 7) is 8.39. The fourth-order valence-electron chi connectivity index (χ4n) is 4.13. The maximum absolute atomic E-state index is 6.17. The lowest BCUT2D eigenvalue weighted by Crippen LogP contribution is -2.36. The van der Waals surface area contributed by atoms with Gasteiger partial charge in [0.1, 0.15) is 5.01 Å². The Morgan fingerprint density at radius 3 is 3.09 bits per heavy atom. The molecule has 4 rings (SSSR count). The van der Waals surface area contributed by atoms with Crippen LogP contribution in [0.3, 0.4) is 0 Å². The van der Waals surface area contributed by atoms with Crippen molar-refractivity contribution in [1.29, 1.82) is 0 Å². The normalized spacial score (nSPS) is 32.4. The van der Waals surface area contributed by atoms with Crippen LogP contribution in [0.5, 0.6) is 0 Å². The Labute approximate surface area is 141 Å². The summed E-state index contributed by atoms with van der Waals surface area (Å²) < 4.78 is 17.4. The number of likely N-dealkylation sites (tertiary alicyclic amines) is 1. The van der Waals surface area contributed by atoms with Gasteiger partial charge in [0.2, 0.25) is 0 Å². The molecule has 4 heterocycles. The maximum atomic E-state index is 6.17. The van der Waals surface area contributed by atoms with Gasteiger partial charge in [0.25, 0.3) is 0 Å². The quantitative estimate of drug-likeness (QED) is 0.794. The SMILES string of the molecule is c1csc(CN2C[C@@H]3COC[C@]3(COCC3CCOCC3)C2)n1. The third-order valence-corrected chi connectivity index (χ3v) is 6.28. The number of aromatic nitrogens is 1. The van der Waals surface area contributed by atoms with Crippen LogP contribution in [0.1, 0.15) is 17.8 Å². The van der Waals surface area contributed by atoms with Crippen molar-refractivity contribution in [3.8, 4) is 0 Å². The molecule has 0 radical (unpaired) electrons. The third-order valence-electron chi connectivity index (χ3n) is 5.52. The van der Waals surface area contributed by atoms with Crippen LogP contribution < -0.4 is 0 Å². The number of rotatable bonds is 6. The molecule has 3 saturated heterocycles. The van der Waals surface area contributed by atoms with E-state index in [9.17, 15) is 0 Å². The summed E-state index contributed by atoms with van der Waals surface area (Å²) in [6.07, 6.45) is 4.18. The maximum Gasteiger partial charge on any atom is 0.107 e. The highest BCUT2D eigenvalue weighted by Gasteiger charge is 2.50. The van der Waals surface area contributed by atoms with Crippen LogP contribution in [-0.2, 0) is 20.8 Å². The second-order valence-electron chi connectivity index (χ2n) is 7.24. The van der Waals surface area contributed by atoms with Gasteiger partial charge < -0.3 is 14.2 Å². The van der Waals surface area contributed by atoms with Crippen molar-refractivity contribution in [3.05, 3.63) is 16.6 Å². The topological polar surface area (TPSA) is 43.8 Å². The molecule has 2 atom stereocenters. The summed E-state index contributed by atoms with van der Waals surface area (Å²) in [5.74, 6) is 1.28. The van der Waals surface area contributed by atoms with Gasteiger partial charge in [0.15, 0.2) is 0 Å². The Kier molecular flexibility index (Phi) is 4.96. The monoisotopic (exact) mass is 338 g/mol. The lowest BCUT2D eigenvalue weighted by atomic mass is 9.82. The summed E-state index contributed by atoms with van der Waals surface area (Å²) in [4.78, 5) is 6.95. The lowest BCUT2D eigenvalue weighted by molar-refractivity contribution is -0.0157. The summed E-state index contributed by atoms with van der Waals surface area (Å²) in [7, 11) is 0. The van der Waals surface area contributed by atoms with Crippen LogP contribution >= 0.6 is 11.3 Å². The highest BCUT2D eigenvalue weighted by molar-refractivity contribution is 7.09. The Balaban J connectivity index is 1.30. The molecular formula is C17H26N2O3S. The van der Waals surface area contributed by atoms with E-state index in [1.54, 1.807) is 11.3 Å². The van der Waals surface area contributed by atoms with Gasteiger partial charge in [-0.25, -0.2) is 4.98 Å². The van der Waals surface area contributed by atoms with Crippen molar-refractivity contribution in [2.75, 3.05) is 52.7 Å². The van der Waals surface area contributed by atoms with Crippen LogP contribution in [-0.4, -0.2) is 62.6 Å². The van der Waals surface area contributed by atoms with E-state index >= 15 is 0 Å². The zero-order valence-electron chi connectivity index (χ0n) is 13.6. The summed E-state index contributed by atoms with van der Waals surface area (Å²) in [6, 6.07) is 0.